The van der Waals surface area contributed by atoms with Crippen molar-refractivity contribution >= 4 is 20.3 Å². The molecule has 9 nitrogen and oxygen atoms in total. The summed E-state index contributed by atoms with van der Waals surface area (Å²) >= 11 is 0. The topological polar surface area (TPSA) is 129 Å². The molecule has 0 aliphatic rings. The van der Waals surface area contributed by atoms with Gasteiger partial charge in [-0.05, 0) is 64.1 Å². The van der Waals surface area contributed by atoms with E-state index in [4.69, 9.17) is 24.1 Å². The summed E-state index contributed by atoms with van der Waals surface area (Å²) in [4.78, 5) is 21.8. The summed E-state index contributed by atoms with van der Waals surface area (Å²) in [7, 11) is -0.793. The lowest BCUT2D eigenvalue weighted by Gasteiger charge is -2.42. The molecule has 2 heterocycles. The Morgan fingerprint density at radius 1 is 0.654 bits per heavy atom. The number of rotatable bonds is 13. The summed E-state index contributed by atoms with van der Waals surface area (Å²) in [5, 5.41) is 17.7. The third-order valence-electron chi connectivity index (χ3n) is 8.41. The fourth-order valence-corrected chi connectivity index (χ4v) is 11.6. The first-order chi connectivity index (χ1) is 24.1. The number of alkyl halides is 6. The maximum Gasteiger partial charge on any atom is 0.449 e. The number of methoxy groups -OCH3 is 1. The van der Waals surface area contributed by atoms with Gasteiger partial charge in [0.25, 0.3) is 0 Å². The van der Waals surface area contributed by atoms with E-state index in [1.54, 1.807) is 31.4 Å². The number of hydrogen-bond acceptors (Lipinski definition) is 7. The molecule has 0 radical (unpaired) electrons. The first kappa shape index (κ1) is 41.7. The number of hydrogen-bond donors (Lipinski definition) is 2. The van der Waals surface area contributed by atoms with E-state index >= 15 is 0 Å². The number of benzene rings is 2. The molecule has 0 aliphatic heterocycles. The van der Waals surface area contributed by atoms with Gasteiger partial charge in [0, 0.05) is 11.1 Å². The fourth-order valence-electron chi connectivity index (χ4n) is 6.15. The molecule has 16 heteroatoms. The molecule has 0 unspecified atom stereocenters. The van der Waals surface area contributed by atoms with Crippen LogP contribution < -0.4 is 9.47 Å². The highest BCUT2D eigenvalue weighted by atomic mass is 28.4. The van der Waals surface area contributed by atoms with E-state index in [1.165, 1.54) is 0 Å². The van der Waals surface area contributed by atoms with Gasteiger partial charge < -0.3 is 32.9 Å². The summed E-state index contributed by atoms with van der Waals surface area (Å²) in [5.41, 5.74) is 1.80. The Morgan fingerprint density at radius 2 is 1.02 bits per heavy atom. The monoisotopic (exact) mass is 758 g/mol. The van der Waals surface area contributed by atoms with Crippen molar-refractivity contribution in [2.45, 2.75) is 83.7 Å². The Balaban J connectivity index is 0.000000284. The van der Waals surface area contributed by atoms with Crippen molar-refractivity contribution in [1.82, 2.24) is 0 Å². The maximum absolute atomic E-state index is 13.1. The molecule has 284 valence electrons. The number of carbonyl (C=O) groups is 2. The number of carboxylic acids is 2. The van der Waals surface area contributed by atoms with Crippen molar-refractivity contribution in [3.05, 3.63) is 94.8 Å². The highest BCUT2D eigenvalue weighted by molar-refractivity contribution is 6.77. The molecule has 4 aromatic rings. The van der Waals surface area contributed by atoms with Gasteiger partial charge in [-0.2, -0.15) is 26.3 Å². The molecule has 0 amide bonds. The van der Waals surface area contributed by atoms with Crippen LogP contribution in [-0.4, -0.2) is 37.6 Å². The average Bonchev–Trinajstić information content (AvgIpc) is 3.70. The van der Waals surface area contributed by atoms with Crippen LogP contribution in [0.25, 0.3) is 11.1 Å². The van der Waals surface area contributed by atoms with E-state index in [1.807, 2.05) is 65.8 Å². The van der Waals surface area contributed by atoms with E-state index in [2.05, 4.69) is 8.83 Å². The lowest BCUT2D eigenvalue weighted by atomic mass is 10.1. The van der Waals surface area contributed by atoms with Gasteiger partial charge in [-0.1, -0.05) is 65.8 Å². The van der Waals surface area contributed by atoms with Crippen LogP contribution >= 0.6 is 0 Å². The number of furan rings is 2. The Kier molecular flexibility index (Phi) is 13.4. The zero-order valence-electron chi connectivity index (χ0n) is 29.4. The normalized spacial score (nSPS) is 12.2. The molecule has 0 fully saturated rings. The van der Waals surface area contributed by atoms with Gasteiger partial charge in [-0.3, -0.25) is 0 Å². The third-order valence-corrected chi connectivity index (χ3v) is 14.5. The number of ether oxygens (including phenoxy) is 2. The second-order valence-electron chi connectivity index (χ2n) is 12.7. The molecule has 2 N–H and O–H groups in total. The van der Waals surface area contributed by atoms with E-state index in [0.29, 0.717) is 5.75 Å². The lowest BCUT2D eigenvalue weighted by molar-refractivity contribution is -0.155. The summed E-state index contributed by atoms with van der Waals surface area (Å²) in [6.07, 6.45) is -9.57. The van der Waals surface area contributed by atoms with Crippen molar-refractivity contribution < 1.29 is 68.9 Å². The zero-order valence-corrected chi connectivity index (χ0v) is 30.4. The van der Waals surface area contributed by atoms with Gasteiger partial charge in [-0.15, -0.1) is 0 Å². The third kappa shape index (κ3) is 10.00. The second kappa shape index (κ2) is 16.8. The fraction of sp³-hybridized carbons (Fsp3) is 0.389. The van der Waals surface area contributed by atoms with Crippen LogP contribution in [0.3, 0.4) is 0 Å². The van der Waals surface area contributed by atoms with Gasteiger partial charge >= 0.3 is 24.3 Å². The van der Waals surface area contributed by atoms with E-state index in [9.17, 15) is 35.9 Å². The molecule has 4 rings (SSSR count). The zero-order chi connectivity index (χ0) is 39.2. The quantitative estimate of drug-likeness (QED) is 0.101. The minimum absolute atomic E-state index is 0.206. The average molecular weight is 759 g/mol. The van der Waals surface area contributed by atoms with Crippen molar-refractivity contribution in [2.24, 2.45) is 0 Å². The molecule has 2 aromatic heterocycles. The van der Waals surface area contributed by atoms with Crippen LogP contribution in [0.1, 0.15) is 85.3 Å². The van der Waals surface area contributed by atoms with Crippen LogP contribution in [0.5, 0.6) is 11.5 Å². The van der Waals surface area contributed by atoms with Crippen LogP contribution in [0.4, 0.5) is 26.3 Å². The molecule has 2 aromatic carbocycles. The number of aromatic carboxylic acids is 2. The summed E-state index contributed by atoms with van der Waals surface area (Å²) in [6, 6.07) is 15.9. The molecule has 0 spiro atoms. The van der Waals surface area contributed by atoms with Gasteiger partial charge in [0.1, 0.15) is 18.1 Å². The highest BCUT2D eigenvalue weighted by Crippen LogP contribution is 2.44. The molecule has 0 aliphatic carbocycles. The molecular formula is C36H40F6O9Si. The number of halogens is 6. The molecule has 0 saturated heterocycles. The largest absolute Gasteiger partial charge is 0.497 e. The SMILES string of the molecule is CC(C)[Si](OCc1cc(C(=O)O)oc1C(F)(F)F)(C(C)C)C(C)C.COc1ccc(-c2ccc(OCc3cc(C(=O)O)oc3C(F)(F)F)cc2)cc1. The van der Waals surface area contributed by atoms with Crippen molar-refractivity contribution in [3.8, 4) is 22.6 Å². The van der Waals surface area contributed by atoms with Gasteiger partial charge in [0.2, 0.25) is 31.4 Å². The van der Waals surface area contributed by atoms with E-state index < -0.39 is 62.3 Å². The van der Waals surface area contributed by atoms with Crippen molar-refractivity contribution in [1.29, 1.82) is 0 Å². The Bertz CT molecular complexity index is 1770. The van der Waals surface area contributed by atoms with Crippen molar-refractivity contribution in [2.75, 3.05) is 7.11 Å². The Labute approximate surface area is 297 Å². The lowest BCUT2D eigenvalue weighted by Crippen LogP contribution is -2.47. The van der Waals surface area contributed by atoms with E-state index in [-0.39, 0.29) is 34.4 Å². The molecular weight excluding hydrogens is 718 g/mol. The predicted octanol–water partition coefficient (Wildman–Crippen LogP) is 10.9. The van der Waals surface area contributed by atoms with Gasteiger partial charge in [0.15, 0.2) is 0 Å². The van der Waals surface area contributed by atoms with Crippen LogP contribution in [0.15, 0.2) is 69.5 Å². The molecule has 0 atom stereocenters. The first-order valence-electron chi connectivity index (χ1n) is 16.0. The maximum atomic E-state index is 13.1. The van der Waals surface area contributed by atoms with Crippen LogP contribution in [-0.2, 0) is 30.0 Å². The minimum atomic E-state index is -4.81. The van der Waals surface area contributed by atoms with Gasteiger partial charge in [0.05, 0.1) is 13.7 Å². The summed E-state index contributed by atoms with van der Waals surface area (Å²) in [5.74, 6) is -6.24. The standard InChI is InChI=1S/C20H15F3O5.C16H25F3O4Si/c1-26-15-6-2-12(3-7-15)13-4-8-16(9-5-13)27-11-14-10-17(19(24)25)28-18(14)20(21,22)23;1-9(2)24(10(3)4,11(5)6)22-8-12-7-13(15(20)21)23-14(12)16(17,18)19/h2-10H,11H2,1H3,(H,24,25);7,9-11H,8H2,1-6H3,(H,20,21). The number of carboxylic acid groups (broad SMARTS) is 2. The van der Waals surface area contributed by atoms with Crippen LogP contribution in [0.2, 0.25) is 16.6 Å². The molecule has 52 heavy (non-hydrogen) atoms. The Hall–Kier alpha value is -4.70. The van der Waals surface area contributed by atoms with Gasteiger partial charge in [-0.25, -0.2) is 9.59 Å². The summed E-state index contributed by atoms with van der Waals surface area (Å²) < 4.78 is 104. The smallest absolute Gasteiger partial charge is 0.449 e. The first-order valence-corrected chi connectivity index (χ1v) is 18.1. The molecule has 0 saturated carbocycles. The van der Waals surface area contributed by atoms with E-state index in [0.717, 1.165) is 29.0 Å². The molecule has 0 bridgehead atoms. The predicted molar refractivity (Wildman–Crippen MR) is 180 cm³/mol. The van der Waals surface area contributed by atoms with Crippen molar-refractivity contribution in [3.63, 3.8) is 0 Å². The highest BCUT2D eigenvalue weighted by Gasteiger charge is 2.46. The second-order valence-corrected chi connectivity index (χ2v) is 18.1. The Morgan fingerprint density at radius 3 is 1.35 bits per heavy atom. The minimum Gasteiger partial charge on any atom is -0.497 e. The summed E-state index contributed by atoms with van der Waals surface area (Å²) in [6.45, 7) is 11.4. The van der Waals surface area contributed by atoms with Crippen LogP contribution in [0, 0.1) is 0 Å².